The molecule has 0 aromatic carbocycles. The number of nitrogens with zero attached hydrogens (tertiary/aromatic N) is 1. The summed E-state index contributed by atoms with van der Waals surface area (Å²) in [5.74, 6) is -1.35. The molecular weight excluding hydrogens is 265 g/mol. The molecule has 0 saturated heterocycles. The average Bonchev–Trinajstić information content (AvgIpc) is 3.13. The van der Waals surface area contributed by atoms with Gasteiger partial charge < -0.3 is 15.3 Å². The highest BCUT2D eigenvalue weighted by Gasteiger charge is 2.43. The Hall–Kier alpha value is -1.47. The molecule has 8 heteroatoms. The van der Waals surface area contributed by atoms with Crippen LogP contribution in [-0.2, 0) is 4.79 Å². The maximum atomic E-state index is 12.4. The normalized spacial score (nSPS) is 20.8. The zero-order chi connectivity index (χ0) is 14.2. The topological polar surface area (TPSA) is 69.6 Å². The highest BCUT2D eigenvalue weighted by molar-refractivity contribution is 5.83. The minimum Gasteiger partial charge on any atom is -0.480 e. The Balaban J connectivity index is 1.96. The molecule has 5 nitrogen and oxygen atoms in total. The molecule has 0 aromatic rings. The number of carbonyl (C=O) groups excluding carboxylic acids is 1. The summed E-state index contributed by atoms with van der Waals surface area (Å²) in [6, 6.07) is -2.43. The Morgan fingerprint density at radius 3 is 2.21 bits per heavy atom. The van der Waals surface area contributed by atoms with E-state index in [0.29, 0.717) is 30.6 Å². The Kier molecular flexibility index (Phi) is 3.60. The maximum absolute atomic E-state index is 12.4. The van der Waals surface area contributed by atoms with Crippen molar-refractivity contribution in [1.29, 1.82) is 0 Å². The van der Waals surface area contributed by atoms with Crippen LogP contribution in [0.4, 0.5) is 18.0 Å². The number of urea groups is 1. The lowest BCUT2D eigenvalue weighted by Gasteiger charge is -2.26. The number of rotatable bonds is 5. The van der Waals surface area contributed by atoms with Gasteiger partial charge in [0.1, 0.15) is 12.6 Å². The predicted octanol–water partition coefficient (Wildman–Crippen LogP) is 1.59. The van der Waals surface area contributed by atoms with Crippen LogP contribution < -0.4 is 5.32 Å². The number of hydrogen-bond acceptors (Lipinski definition) is 2. The Morgan fingerprint density at radius 2 is 1.84 bits per heavy atom. The Bertz CT molecular complexity index is 378. The second kappa shape index (κ2) is 4.90. The summed E-state index contributed by atoms with van der Waals surface area (Å²) < 4.78 is 37.1. The molecule has 2 amide bonds. The molecule has 0 radical (unpaired) electrons. The van der Waals surface area contributed by atoms with Crippen molar-refractivity contribution >= 4 is 12.0 Å². The third-order valence-corrected chi connectivity index (χ3v) is 3.24. The van der Waals surface area contributed by atoms with E-state index >= 15 is 0 Å². The number of amides is 2. The van der Waals surface area contributed by atoms with Crippen LogP contribution in [0.15, 0.2) is 0 Å². The van der Waals surface area contributed by atoms with Crippen molar-refractivity contribution in [3.8, 4) is 0 Å². The molecule has 2 rings (SSSR count). The number of aliphatic carboxylic acids is 1. The molecule has 2 aliphatic carbocycles. The molecule has 0 heterocycles. The first-order chi connectivity index (χ1) is 8.78. The molecule has 1 atom stereocenters. The van der Waals surface area contributed by atoms with E-state index in [0.717, 1.165) is 0 Å². The van der Waals surface area contributed by atoms with Gasteiger partial charge in [0.2, 0.25) is 0 Å². The van der Waals surface area contributed by atoms with E-state index in [1.54, 1.807) is 0 Å². The minimum atomic E-state index is -4.47. The minimum absolute atomic E-state index is 0.159. The third kappa shape index (κ3) is 4.00. The smallest absolute Gasteiger partial charge is 0.406 e. The zero-order valence-electron chi connectivity index (χ0n) is 10.1. The molecule has 2 aliphatic rings. The van der Waals surface area contributed by atoms with Crippen molar-refractivity contribution in [3.05, 3.63) is 0 Å². The lowest BCUT2D eigenvalue weighted by molar-refractivity contribution is -0.142. The highest BCUT2D eigenvalue weighted by Crippen LogP contribution is 2.34. The van der Waals surface area contributed by atoms with E-state index in [4.69, 9.17) is 5.11 Å². The van der Waals surface area contributed by atoms with E-state index < -0.39 is 36.8 Å². The molecule has 0 bridgehead atoms. The van der Waals surface area contributed by atoms with E-state index in [-0.39, 0.29) is 5.92 Å². The fraction of sp³-hybridized carbons (Fsp3) is 0.818. The van der Waals surface area contributed by atoms with Gasteiger partial charge in [0.15, 0.2) is 0 Å². The van der Waals surface area contributed by atoms with Crippen molar-refractivity contribution in [2.75, 3.05) is 6.54 Å². The Morgan fingerprint density at radius 1 is 1.26 bits per heavy atom. The number of carboxylic acids is 1. The van der Waals surface area contributed by atoms with Crippen LogP contribution in [0.5, 0.6) is 0 Å². The molecule has 0 spiro atoms. The molecule has 0 aromatic heterocycles. The molecule has 1 unspecified atom stereocenters. The van der Waals surface area contributed by atoms with Gasteiger partial charge in [-0.25, -0.2) is 9.59 Å². The Labute approximate surface area is 107 Å². The largest absolute Gasteiger partial charge is 0.480 e. The molecule has 2 N–H and O–H groups in total. The summed E-state index contributed by atoms with van der Waals surface area (Å²) in [6.45, 7) is -1.33. The number of halogens is 3. The number of carbonyl (C=O) groups is 2. The van der Waals surface area contributed by atoms with Gasteiger partial charge in [-0.2, -0.15) is 13.2 Å². The van der Waals surface area contributed by atoms with Gasteiger partial charge in [0.05, 0.1) is 0 Å². The van der Waals surface area contributed by atoms with Gasteiger partial charge >= 0.3 is 18.2 Å². The zero-order valence-corrected chi connectivity index (χ0v) is 10.1. The maximum Gasteiger partial charge on any atom is 0.406 e. The van der Waals surface area contributed by atoms with Crippen molar-refractivity contribution in [2.24, 2.45) is 5.92 Å². The van der Waals surface area contributed by atoms with E-state index in [2.05, 4.69) is 5.32 Å². The molecule has 19 heavy (non-hydrogen) atoms. The number of carboxylic acid groups (broad SMARTS) is 1. The summed E-state index contributed by atoms with van der Waals surface area (Å²) in [5, 5.41) is 11.2. The highest BCUT2D eigenvalue weighted by atomic mass is 19.4. The summed E-state index contributed by atoms with van der Waals surface area (Å²) in [4.78, 5) is 23.4. The van der Waals surface area contributed by atoms with Crippen LogP contribution in [0.2, 0.25) is 0 Å². The van der Waals surface area contributed by atoms with Crippen molar-refractivity contribution in [1.82, 2.24) is 10.2 Å². The van der Waals surface area contributed by atoms with Gasteiger partial charge in [-0.05, 0) is 31.6 Å². The fourth-order valence-corrected chi connectivity index (χ4v) is 1.97. The van der Waals surface area contributed by atoms with Crippen LogP contribution in [0.1, 0.15) is 25.7 Å². The summed E-state index contributed by atoms with van der Waals surface area (Å²) in [6.07, 6.45) is -2.05. The van der Waals surface area contributed by atoms with Crippen molar-refractivity contribution in [2.45, 2.75) is 43.9 Å². The van der Waals surface area contributed by atoms with Crippen LogP contribution >= 0.6 is 0 Å². The van der Waals surface area contributed by atoms with Gasteiger partial charge in [0, 0.05) is 6.04 Å². The van der Waals surface area contributed by atoms with Crippen molar-refractivity contribution < 1.29 is 27.9 Å². The summed E-state index contributed by atoms with van der Waals surface area (Å²) >= 11 is 0. The second-order valence-corrected chi connectivity index (χ2v) is 5.08. The van der Waals surface area contributed by atoms with Crippen LogP contribution in [-0.4, -0.2) is 46.8 Å². The molecule has 108 valence electrons. The molecule has 2 saturated carbocycles. The van der Waals surface area contributed by atoms with Gasteiger partial charge in [-0.3, -0.25) is 0 Å². The van der Waals surface area contributed by atoms with Gasteiger partial charge in [-0.15, -0.1) is 0 Å². The lowest BCUT2D eigenvalue weighted by atomic mass is 10.2. The molecular formula is C11H15F3N2O3. The third-order valence-electron chi connectivity index (χ3n) is 3.24. The SMILES string of the molecule is O=C(O)C(NC(=O)N(CC(F)(F)F)C1CC1)C1CC1. The van der Waals surface area contributed by atoms with Crippen LogP contribution in [0.25, 0.3) is 0 Å². The van der Waals surface area contributed by atoms with Gasteiger partial charge in [-0.1, -0.05) is 0 Å². The first-order valence-electron chi connectivity index (χ1n) is 6.14. The summed E-state index contributed by atoms with van der Waals surface area (Å²) in [5.41, 5.74) is 0. The number of alkyl halides is 3. The second-order valence-electron chi connectivity index (χ2n) is 5.08. The quantitative estimate of drug-likeness (QED) is 0.803. The lowest BCUT2D eigenvalue weighted by Crippen LogP contribution is -2.51. The van der Waals surface area contributed by atoms with Crippen molar-refractivity contribution in [3.63, 3.8) is 0 Å². The van der Waals surface area contributed by atoms with E-state index in [1.807, 2.05) is 0 Å². The number of nitrogens with one attached hydrogen (secondary N) is 1. The first-order valence-corrected chi connectivity index (χ1v) is 6.14. The average molecular weight is 280 g/mol. The van der Waals surface area contributed by atoms with Gasteiger partial charge in [0.25, 0.3) is 0 Å². The number of hydrogen-bond donors (Lipinski definition) is 2. The van der Waals surface area contributed by atoms with Crippen LogP contribution in [0, 0.1) is 5.92 Å². The predicted molar refractivity (Wildman–Crippen MR) is 58.5 cm³/mol. The van der Waals surface area contributed by atoms with E-state index in [1.165, 1.54) is 0 Å². The standard InChI is InChI=1S/C11H15F3N2O3/c12-11(13,14)5-16(7-3-4-7)10(19)15-8(9(17)18)6-1-2-6/h6-8H,1-5H2,(H,15,19)(H,17,18). The first kappa shape index (κ1) is 14.0. The molecule has 0 aliphatic heterocycles. The summed E-state index contributed by atoms with van der Waals surface area (Å²) in [7, 11) is 0. The fourth-order valence-electron chi connectivity index (χ4n) is 1.97. The molecule has 2 fully saturated rings. The van der Waals surface area contributed by atoms with Crippen LogP contribution in [0.3, 0.4) is 0 Å². The monoisotopic (exact) mass is 280 g/mol. The van der Waals surface area contributed by atoms with E-state index in [9.17, 15) is 22.8 Å².